The van der Waals surface area contributed by atoms with Crippen molar-refractivity contribution >= 4 is 11.3 Å². The van der Waals surface area contributed by atoms with Gasteiger partial charge in [0.2, 0.25) is 0 Å². The summed E-state index contributed by atoms with van der Waals surface area (Å²) in [6.07, 6.45) is 2.10. The van der Waals surface area contributed by atoms with E-state index in [4.69, 9.17) is 10.5 Å². The molecule has 0 unspecified atom stereocenters. The number of allylic oxidation sites excluding steroid dienone is 3. The molecule has 0 saturated carbocycles. The second kappa shape index (κ2) is 7.96. The van der Waals surface area contributed by atoms with Crippen molar-refractivity contribution in [1.29, 1.82) is 0 Å². The lowest BCUT2D eigenvalue weighted by Gasteiger charge is -2.16. The molecule has 3 aromatic carbocycles. The minimum absolute atomic E-state index is 0.717. The van der Waals surface area contributed by atoms with Gasteiger partial charge in [0.05, 0.1) is 7.11 Å². The Morgan fingerprint density at radius 2 is 1.63 bits per heavy atom. The molecule has 0 aliphatic carbocycles. The van der Waals surface area contributed by atoms with Gasteiger partial charge in [-0.2, -0.15) is 0 Å². The van der Waals surface area contributed by atoms with Crippen molar-refractivity contribution in [3.63, 3.8) is 0 Å². The summed E-state index contributed by atoms with van der Waals surface area (Å²) >= 11 is 0. The zero-order valence-corrected chi connectivity index (χ0v) is 16.1. The molecule has 2 N–H and O–H groups in total. The summed E-state index contributed by atoms with van der Waals surface area (Å²) in [4.78, 5) is 0. The van der Waals surface area contributed by atoms with E-state index < -0.39 is 0 Å². The Kier molecular flexibility index (Phi) is 5.46. The van der Waals surface area contributed by atoms with E-state index in [9.17, 15) is 0 Å². The van der Waals surface area contributed by atoms with Gasteiger partial charge in [-0.25, -0.2) is 0 Å². The molecule has 0 atom stereocenters. The van der Waals surface area contributed by atoms with Gasteiger partial charge in [0, 0.05) is 11.3 Å². The van der Waals surface area contributed by atoms with Gasteiger partial charge in [0.15, 0.2) is 0 Å². The van der Waals surface area contributed by atoms with E-state index in [2.05, 4.69) is 56.8 Å². The summed E-state index contributed by atoms with van der Waals surface area (Å²) in [6.45, 7) is 8.46. The monoisotopic (exact) mass is 355 g/mol. The van der Waals surface area contributed by atoms with Crippen LogP contribution in [0.1, 0.15) is 19.4 Å². The lowest BCUT2D eigenvalue weighted by atomic mass is 9.90. The Morgan fingerprint density at radius 1 is 0.889 bits per heavy atom. The molecule has 0 aromatic heterocycles. The van der Waals surface area contributed by atoms with Crippen molar-refractivity contribution in [2.75, 3.05) is 12.8 Å². The quantitative estimate of drug-likeness (QED) is 0.414. The number of nitrogens with two attached hydrogens (primary N) is 1. The largest absolute Gasteiger partial charge is 0.497 e. The SMILES string of the molecule is C=C(C=C(C)C)c1cc(-c2ccccc2)ccc1-c1cc(OC)ccc1N. The lowest BCUT2D eigenvalue weighted by molar-refractivity contribution is 0.415. The molecule has 0 saturated heterocycles. The summed E-state index contributed by atoms with van der Waals surface area (Å²) in [5.74, 6) is 0.783. The highest BCUT2D eigenvalue weighted by Crippen LogP contribution is 2.37. The van der Waals surface area contributed by atoms with E-state index in [1.54, 1.807) is 7.11 Å². The summed E-state index contributed by atoms with van der Waals surface area (Å²) in [6, 6.07) is 22.5. The van der Waals surface area contributed by atoms with Crippen LogP contribution in [0.3, 0.4) is 0 Å². The summed E-state index contributed by atoms with van der Waals surface area (Å²) < 4.78 is 5.40. The van der Waals surface area contributed by atoms with Crippen LogP contribution in [0, 0.1) is 0 Å². The van der Waals surface area contributed by atoms with E-state index in [0.29, 0.717) is 0 Å². The van der Waals surface area contributed by atoms with Crippen LogP contribution in [0.15, 0.2) is 85.0 Å². The average molecular weight is 355 g/mol. The Hall–Kier alpha value is -3.26. The number of rotatable bonds is 5. The molecule has 0 fully saturated rings. The average Bonchev–Trinajstić information content (AvgIpc) is 2.68. The molecule has 0 aliphatic heterocycles. The first-order valence-electron chi connectivity index (χ1n) is 8.97. The molecular formula is C25H25NO. The van der Waals surface area contributed by atoms with E-state index in [1.807, 2.05) is 36.4 Å². The molecule has 0 aliphatic rings. The van der Waals surface area contributed by atoms with Crippen LogP contribution in [0.2, 0.25) is 0 Å². The molecule has 0 heterocycles. The smallest absolute Gasteiger partial charge is 0.119 e. The van der Waals surface area contributed by atoms with Gasteiger partial charge in [0.25, 0.3) is 0 Å². The van der Waals surface area contributed by atoms with Gasteiger partial charge < -0.3 is 10.5 Å². The van der Waals surface area contributed by atoms with Crippen LogP contribution < -0.4 is 10.5 Å². The molecule has 3 rings (SSSR count). The zero-order valence-electron chi connectivity index (χ0n) is 16.1. The molecule has 2 nitrogen and oxygen atoms in total. The van der Waals surface area contributed by atoms with Crippen molar-refractivity contribution in [2.45, 2.75) is 13.8 Å². The first-order valence-corrected chi connectivity index (χ1v) is 8.97. The van der Waals surface area contributed by atoms with Crippen molar-refractivity contribution in [1.82, 2.24) is 0 Å². The van der Waals surface area contributed by atoms with Crippen LogP contribution in [0.5, 0.6) is 5.75 Å². The molecule has 2 heteroatoms. The van der Waals surface area contributed by atoms with Gasteiger partial charge in [-0.3, -0.25) is 0 Å². The summed E-state index contributed by atoms with van der Waals surface area (Å²) in [5, 5.41) is 0. The molecule has 0 radical (unpaired) electrons. The van der Waals surface area contributed by atoms with Crippen LogP contribution >= 0.6 is 0 Å². The third-order valence-corrected chi connectivity index (χ3v) is 4.49. The highest BCUT2D eigenvalue weighted by Gasteiger charge is 2.13. The second-order valence-corrected chi connectivity index (χ2v) is 6.83. The fourth-order valence-electron chi connectivity index (χ4n) is 3.18. The first kappa shape index (κ1) is 18.5. The van der Waals surface area contributed by atoms with Crippen LogP contribution in [-0.2, 0) is 0 Å². The van der Waals surface area contributed by atoms with Gasteiger partial charge in [-0.1, -0.05) is 60.7 Å². The van der Waals surface area contributed by atoms with Crippen LogP contribution in [0.4, 0.5) is 5.69 Å². The van der Waals surface area contributed by atoms with Crippen LogP contribution in [0.25, 0.3) is 27.8 Å². The predicted octanol–water partition coefficient (Wildman–Crippen LogP) is 6.59. The molecule has 136 valence electrons. The number of benzene rings is 3. The predicted molar refractivity (Wildman–Crippen MR) is 117 cm³/mol. The van der Waals surface area contributed by atoms with Crippen molar-refractivity contribution in [3.05, 3.63) is 90.5 Å². The van der Waals surface area contributed by atoms with E-state index in [1.165, 1.54) is 11.1 Å². The van der Waals surface area contributed by atoms with E-state index >= 15 is 0 Å². The maximum Gasteiger partial charge on any atom is 0.119 e. The van der Waals surface area contributed by atoms with Gasteiger partial charge in [-0.05, 0) is 65.9 Å². The third-order valence-electron chi connectivity index (χ3n) is 4.49. The Labute approximate surface area is 161 Å². The standard InChI is InChI=1S/C25H25NO/c1-17(2)14-18(3)23-15-20(19-8-6-5-7-9-19)10-12-22(23)24-16-21(27-4)11-13-25(24)26/h5-16H,3,26H2,1-2,4H3. The van der Waals surface area contributed by atoms with Crippen molar-refractivity contribution < 1.29 is 4.74 Å². The minimum atomic E-state index is 0.717. The highest BCUT2D eigenvalue weighted by atomic mass is 16.5. The van der Waals surface area contributed by atoms with E-state index in [0.717, 1.165) is 39.3 Å². The molecule has 27 heavy (non-hydrogen) atoms. The van der Waals surface area contributed by atoms with E-state index in [-0.39, 0.29) is 0 Å². The van der Waals surface area contributed by atoms with Crippen molar-refractivity contribution in [3.8, 4) is 28.0 Å². The van der Waals surface area contributed by atoms with Gasteiger partial charge in [-0.15, -0.1) is 0 Å². The fraction of sp³-hybridized carbons (Fsp3) is 0.120. The Morgan fingerprint density at radius 3 is 2.30 bits per heavy atom. The molecule has 0 bridgehead atoms. The van der Waals surface area contributed by atoms with Crippen LogP contribution in [-0.4, -0.2) is 7.11 Å². The maximum absolute atomic E-state index is 6.30. The lowest BCUT2D eigenvalue weighted by Crippen LogP contribution is -1.95. The normalized spacial score (nSPS) is 10.3. The number of methoxy groups -OCH3 is 1. The Balaban J connectivity index is 2.22. The summed E-state index contributed by atoms with van der Waals surface area (Å²) in [7, 11) is 1.66. The number of hydrogen-bond acceptors (Lipinski definition) is 2. The fourth-order valence-corrected chi connectivity index (χ4v) is 3.18. The third kappa shape index (κ3) is 4.12. The second-order valence-electron chi connectivity index (χ2n) is 6.83. The number of ether oxygens (including phenoxy) is 1. The maximum atomic E-state index is 6.30. The number of anilines is 1. The van der Waals surface area contributed by atoms with Gasteiger partial charge >= 0.3 is 0 Å². The number of nitrogen functional groups attached to an aromatic ring is 1. The van der Waals surface area contributed by atoms with Crippen molar-refractivity contribution in [2.24, 2.45) is 0 Å². The summed E-state index contributed by atoms with van der Waals surface area (Å²) in [5.41, 5.74) is 14.6. The number of hydrogen-bond donors (Lipinski definition) is 1. The highest BCUT2D eigenvalue weighted by molar-refractivity contribution is 5.91. The zero-order chi connectivity index (χ0) is 19.4. The molecule has 3 aromatic rings. The Bertz CT molecular complexity index is 996. The topological polar surface area (TPSA) is 35.2 Å². The molecule has 0 amide bonds. The molecule has 0 spiro atoms. The van der Waals surface area contributed by atoms with Gasteiger partial charge in [0.1, 0.15) is 5.75 Å². The molecular weight excluding hydrogens is 330 g/mol. The minimum Gasteiger partial charge on any atom is -0.497 e. The first-order chi connectivity index (χ1) is 13.0.